The molecule has 0 radical (unpaired) electrons. The summed E-state index contributed by atoms with van der Waals surface area (Å²) in [5.41, 5.74) is 11.4. The fourth-order valence-electron chi connectivity index (χ4n) is 17.6. The highest BCUT2D eigenvalue weighted by atomic mass is 35.5. The number of halogens is 6. The van der Waals surface area contributed by atoms with Gasteiger partial charge in [-0.05, 0) is 218 Å². The topological polar surface area (TPSA) is 305 Å². The minimum atomic E-state index is -3.89. The largest absolute Gasteiger partial charge is 0.449 e. The number of hydrogen-bond donors (Lipinski definition) is 5. The summed E-state index contributed by atoms with van der Waals surface area (Å²) in [4.78, 5) is 62.4. The van der Waals surface area contributed by atoms with Crippen LogP contribution >= 0.6 is 69.6 Å². The van der Waals surface area contributed by atoms with E-state index in [1.807, 2.05) is 106 Å². The van der Waals surface area contributed by atoms with Gasteiger partial charge in [-0.15, -0.1) is 0 Å². The molecule has 0 fully saturated rings. The van der Waals surface area contributed by atoms with Gasteiger partial charge in [-0.1, -0.05) is 155 Å². The number of nitrogens with one attached hydrogen (secondary N) is 5. The molecule has 25 nitrogen and oxygen atoms in total. The number of ether oxygens (including phenoxy) is 7. The lowest BCUT2D eigenvalue weighted by molar-refractivity contribution is -0.120. The van der Waals surface area contributed by atoms with Gasteiger partial charge in [0, 0.05) is 170 Å². The molecule has 3 atom stereocenters. The van der Waals surface area contributed by atoms with Crippen molar-refractivity contribution >= 4 is 123 Å². The average molecular weight is 1960 g/mol. The first-order valence-corrected chi connectivity index (χ1v) is 51.1. The summed E-state index contributed by atoms with van der Waals surface area (Å²) in [6, 6.07) is 47.2. The number of rotatable bonds is 52. The molecular weight excluding hydrogens is 1850 g/mol. The predicted octanol–water partition coefficient (Wildman–Crippen LogP) is 16.6. The van der Waals surface area contributed by atoms with Gasteiger partial charge in [-0.2, -0.15) is 0 Å². The molecule has 3 aliphatic heterocycles. The van der Waals surface area contributed by atoms with Crippen molar-refractivity contribution in [2.24, 2.45) is 0 Å². The van der Waals surface area contributed by atoms with Gasteiger partial charge >= 0.3 is 12.1 Å². The number of ketones is 2. The molecule has 0 saturated heterocycles. The number of alkyl carbamates (subject to hydrolysis) is 1. The third-order valence-electron chi connectivity index (χ3n) is 24.0. The number of likely N-dealkylation sites (N-methyl/N-ethyl adjacent to an activating group) is 3. The molecule has 3 amide bonds. The van der Waals surface area contributed by atoms with Crippen LogP contribution in [0.3, 0.4) is 0 Å². The van der Waals surface area contributed by atoms with Gasteiger partial charge in [0.1, 0.15) is 18.2 Å². The first-order chi connectivity index (χ1) is 62.5. The highest BCUT2D eigenvalue weighted by molar-refractivity contribution is 7.91. The molecule has 5 N–H and O–H groups in total. The Morgan fingerprint density at radius 2 is 0.762 bits per heavy atom. The van der Waals surface area contributed by atoms with E-state index >= 15 is 0 Å². The van der Waals surface area contributed by atoms with Crippen LogP contribution < -0.4 is 25.4 Å². The lowest BCUT2D eigenvalue weighted by Crippen LogP contribution is -2.51. The summed E-state index contributed by atoms with van der Waals surface area (Å²) in [5.74, 6) is -0.837. The van der Waals surface area contributed by atoms with Crippen molar-refractivity contribution in [1.82, 2.24) is 40.1 Å². The van der Waals surface area contributed by atoms with Crippen LogP contribution in [0.2, 0.25) is 30.1 Å². The summed E-state index contributed by atoms with van der Waals surface area (Å²) in [7, 11) is -5.46. The van der Waals surface area contributed by atoms with E-state index in [0.29, 0.717) is 95.1 Å². The number of amides is 3. The summed E-state index contributed by atoms with van der Waals surface area (Å²) < 4.78 is 127. The predicted molar refractivity (Wildman–Crippen MR) is 508 cm³/mol. The van der Waals surface area contributed by atoms with Crippen molar-refractivity contribution in [3.63, 3.8) is 0 Å². The number of sulfonamides is 2. The van der Waals surface area contributed by atoms with Crippen LogP contribution in [0.1, 0.15) is 162 Å². The molecule has 0 saturated carbocycles. The second kappa shape index (κ2) is 49.3. The number of benzene rings is 8. The number of sulfone groups is 1. The molecule has 0 bridgehead atoms. The minimum absolute atomic E-state index is 0.0219. The summed E-state index contributed by atoms with van der Waals surface area (Å²) >= 11 is 39.1. The molecule has 8 aromatic carbocycles. The van der Waals surface area contributed by atoms with Gasteiger partial charge in [0.05, 0.1) is 79.9 Å². The Kier molecular flexibility index (Phi) is 38.6. The van der Waals surface area contributed by atoms with E-state index in [9.17, 15) is 44.4 Å². The molecule has 1 aliphatic carbocycles. The Hall–Kier alpha value is -7.21. The SMILES string of the molecule is CN1Cc2c(Cl)cc(Cl)cc2[C@H](c2cccc(S(=O)(=O)CCCOCCOCCNC(=O)NCCC(CCCC(=O)CCCOCCOCCNS(=O)(=O)c3cccc([C@@H]4CN(C)Cc5c(Cl)cc(Cl)cc54)c3)(CCCC(=O)CCCOCCOCCNS(=O)(=O)c3cccc([C@@H]4CN(C)Cc5c(Cl)cc(Cl)cc54)c3)NC(=O)OCC3c4ccccc4-c4ccccc43)c2)C1. The average Bonchev–Trinajstić information content (AvgIpc) is 1.64. The lowest BCUT2D eigenvalue weighted by Gasteiger charge is -2.35. The van der Waals surface area contributed by atoms with Crippen molar-refractivity contribution in [2.75, 3.05) is 159 Å². The molecule has 8 aromatic rings. The smallest absolute Gasteiger partial charge is 0.407 e. The van der Waals surface area contributed by atoms with Gasteiger partial charge in [0.15, 0.2) is 9.84 Å². The zero-order valence-electron chi connectivity index (χ0n) is 73.6. The molecule has 3 heterocycles. The van der Waals surface area contributed by atoms with Crippen LogP contribution in [-0.4, -0.2) is 228 Å². The first-order valence-electron chi connectivity index (χ1n) is 44.2. The summed E-state index contributed by atoms with van der Waals surface area (Å²) in [6.45, 7) is 6.41. The monoisotopic (exact) mass is 1960 g/mol. The summed E-state index contributed by atoms with van der Waals surface area (Å²) in [5, 5.41) is 12.2. The molecule has 0 aromatic heterocycles. The molecular formula is C96H116Cl6N8O17S3. The maximum atomic E-state index is 14.5. The number of carbonyl (C=O) groups excluding carboxylic acids is 4. The molecule has 130 heavy (non-hydrogen) atoms. The standard InChI is InChI=1S/C96H116Cl6N8O17S3/c1-108-59-84(81-53-69(97)56-91(100)87(81)62-108)66-16-8-23-74(50-66)128(115,116)49-15-39-123-45-46-124-40-34-104-94(113)103-33-32-96(107-95(114)127-65-90-79-28-6-4-26-77(79)78-27-5-7-29-80(78)90,30-11-19-72(111)21-13-37-121-43-47-125-41-35-105-129(117,118)75-24-9-17-67(51-75)85-60-109(2)63-88-82(85)54-70(98)57-92(88)101)31-12-20-73(112)22-14-38-122-44-48-126-42-36-106-130(119,120)76-25-10-18-68(52-76)86-61-110(3)64-89-83(86)55-71(99)58-93(89)102/h4-10,16-18,23-29,50-58,84-86,90,105-106H,11-15,19-22,30-49,59-65H2,1-3H3,(H,107,114)(H2,103,104,113)/t84-,85-,86-/m0/s1. The van der Waals surface area contributed by atoms with Crippen molar-refractivity contribution in [2.45, 2.75) is 141 Å². The first kappa shape index (κ1) is 102. The third kappa shape index (κ3) is 29.2. The van der Waals surface area contributed by atoms with Crippen molar-refractivity contribution in [3.05, 3.63) is 249 Å². The van der Waals surface area contributed by atoms with Gasteiger partial charge in [0.25, 0.3) is 0 Å². The van der Waals surface area contributed by atoms with Crippen LogP contribution in [-0.2, 0) is 92.3 Å². The fourth-order valence-corrected chi connectivity index (χ4v) is 22.8. The molecule has 702 valence electrons. The highest BCUT2D eigenvalue weighted by Crippen LogP contribution is 2.46. The van der Waals surface area contributed by atoms with Crippen molar-refractivity contribution < 1.29 is 77.6 Å². The van der Waals surface area contributed by atoms with Crippen molar-refractivity contribution in [3.8, 4) is 11.1 Å². The molecule has 34 heteroatoms. The molecule has 0 spiro atoms. The Morgan fingerprint density at radius 3 is 1.19 bits per heavy atom. The van der Waals surface area contributed by atoms with Crippen LogP contribution in [0.25, 0.3) is 11.1 Å². The van der Waals surface area contributed by atoms with E-state index in [4.69, 9.17) is 103 Å². The van der Waals surface area contributed by atoms with Crippen molar-refractivity contribution in [1.29, 1.82) is 0 Å². The molecule has 4 aliphatic rings. The van der Waals surface area contributed by atoms with E-state index in [1.54, 1.807) is 72.8 Å². The fraction of sp³-hybridized carbons (Fsp3) is 0.458. The Morgan fingerprint density at radius 1 is 0.392 bits per heavy atom. The Balaban J connectivity index is 0.600. The second-order valence-corrected chi connectivity index (χ2v) is 41.8. The van der Waals surface area contributed by atoms with E-state index in [-0.39, 0.29) is 219 Å². The maximum Gasteiger partial charge on any atom is 0.407 e. The lowest BCUT2D eigenvalue weighted by atomic mass is 9.83. The van der Waals surface area contributed by atoms with E-state index in [0.717, 1.165) is 72.3 Å². The van der Waals surface area contributed by atoms with Gasteiger partial charge < -0.3 is 63.8 Å². The zero-order chi connectivity index (χ0) is 92.4. The van der Waals surface area contributed by atoms with E-state index in [1.165, 1.54) is 0 Å². The molecule has 12 rings (SSSR count). The number of nitrogens with zero attached hydrogens (tertiary/aromatic N) is 3. The Bertz CT molecular complexity index is 5080. The number of Topliss-reactive ketones (excluding diaryl/α,β-unsaturated/α-hetero) is 2. The highest BCUT2D eigenvalue weighted by Gasteiger charge is 2.37. The summed E-state index contributed by atoms with van der Waals surface area (Å²) in [6.07, 6.45) is 2.59. The van der Waals surface area contributed by atoms with Crippen LogP contribution in [0, 0.1) is 0 Å². The second-order valence-electron chi connectivity index (χ2n) is 33.6. The number of hydrogen-bond acceptors (Lipinski definition) is 20. The van der Waals surface area contributed by atoms with Gasteiger partial charge in [-0.3, -0.25) is 9.59 Å². The minimum Gasteiger partial charge on any atom is -0.449 e. The van der Waals surface area contributed by atoms with Crippen LogP contribution in [0.4, 0.5) is 9.59 Å². The quantitative estimate of drug-likeness (QED) is 0.0221. The third-order valence-corrected chi connectivity index (χ3v) is 30.4. The van der Waals surface area contributed by atoms with E-state index in [2.05, 4.69) is 40.1 Å². The zero-order valence-corrected chi connectivity index (χ0v) is 80.5. The molecule has 0 unspecified atom stereocenters. The van der Waals surface area contributed by atoms with Crippen LogP contribution in [0.5, 0.6) is 0 Å². The number of urea groups is 1. The van der Waals surface area contributed by atoms with E-state index < -0.39 is 47.5 Å². The van der Waals surface area contributed by atoms with Gasteiger partial charge in [0.2, 0.25) is 20.0 Å². The van der Waals surface area contributed by atoms with Gasteiger partial charge in [-0.25, -0.2) is 44.3 Å². The number of fused-ring (bicyclic) bond motifs is 6. The maximum absolute atomic E-state index is 14.5. The normalized spacial score (nSPS) is 16.1. The number of carbonyl (C=O) groups is 4. The van der Waals surface area contributed by atoms with Crippen LogP contribution in [0.15, 0.2) is 172 Å². The Labute approximate surface area is 794 Å².